The molecular weight excluding hydrogens is 388 g/mol. The first-order valence-corrected chi connectivity index (χ1v) is 10.4. The van der Waals surface area contributed by atoms with Crippen LogP contribution in [-0.2, 0) is 6.42 Å². The molecule has 1 unspecified atom stereocenters. The Morgan fingerprint density at radius 3 is 2.19 bits per heavy atom. The van der Waals surface area contributed by atoms with Gasteiger partial charge in [-0.25, -0.2) is 0 Å². The zero-order valence-electron chi connectivity index (χ0n) is 18.0. The molecule has 31 heavy (non-hydrogen) atoms. The van der Waals surface area contributed by atoms with Crippen molar-refractivity contribution in [2.24, 2.45) is 5.10 Å². The van der Waals surface area contributed by atoms with E-state index in [0.29, 0.717) is 0 Å². The van der Waals surface area contributed by atoms with Crippen LogP contribution in [0.5, 0.6) is 0 Å². The lowest BCUT2D eigenvalue weighted by atomic mass is 9.97. The minimum Gasteiger partial charge on any atom is -0.378 e. The predicted octanol–water partition coefficient (Wildman–Crippen LogP) is 5.58. The predicted molar refractivity (Wildman–Crippen MR) is 126 cm³/mol. The van der Waals surface area contributed by atoms with Crippen molar-refractivity contribution in [3.63, 3.8) is 0 Å². The fraction of sp³-hybridized carbons (Fsp3) is 0.240. The molecule has 0 spiro atoms. The molecule has 1 aliphatic heterocycles. The second-order valence-corrected chi connectivity index (χ2v) is 7.92. The molecule has 0 aromatic heterocycles. The standard InChI is InChI=1S/C25H26N4O2/c1-4-18-5-7-19(8-6-18)24-17-25(20-9-11-21(12-10-20)27(2)3)28(26-24)22-13-15-23(16-14-22)29(30)31/h5-16,25H,4,17H2,1-3H3. The van der Waals surface area contributed by atoms with Gasteiger partial charge in [-0.3, -0.25) is 15.1 Å². The molecule has 0 saturated carbocycles. The number of anilines is 2. The molecule has 1 heterocycles. The zero-order valence-corrected chi connectivity index (χ0v) is 18.0. The maximum absolute atomic E-state index is 11.1. The van der Waals surface area contributed by atoms with Gasteiger partial charge in [0.1, 0.15) is 0 Å². The van der Waals surface area contributed by atoms with E-state index in [0.717, 1.165) is 41.1 Å². The van der Waals surface area contributed by atoms with Crippen molar-refractivity contribution in [2.45, 2.75) is 25.8 Å². The van der Waals surface area contributed by atoms with Crippen molar-refractivity contribution in [2.75, 3.05) is 24.0 Å². The summed E-state index contributed by atoms with van der Waals surface area (Å²) in [6.45, 7) is 2.14. The van der Waals surface area contributed by atoms with E-state index in [-0.39, 0.29) is 16.7 Å². The van der Waals surface area contributed by atoms with Crippen molar-refractivity contribution in [3.8, 4) is 0 Å². The number of aryl methyl sites for hydroxylation is 1. The molecule has 0 bridgehead atoms. The fourth-order valence-corrected chi connectivity index (χ4v) is 3.84. The highest BCUT2D eigenvalue weighted by molar-refractivity contribution is 6.03. The normalized spacial score (nSPS) is 15.6. The van der Waals surface area contributed by atoms with Crippen LogP contribution in [-0.4, -0.2) is 24.7 Å². The van der Waals surface area contributed by atoms with E-state index in [2.05, 4.69) is 60.4 Å². The van der Waals surface area contributed by atoms with Gasteiger partial charge >= 0.3 is 0 Å². The molecule has 0 aliphatic carbocycles. The van der Waals surface area contributed by atoms with Gasteiger partial charge in [0.2, 0.25) is 0 Å². The molecule has 0 radical (unpaired) electrons. The van der Waals surface area contributed by atoms with Crippen molar-refractivity contribution in [1.29, 1.82) is 0 Å². The molecule has 3 aromatic carbocycles. The third kappa shape index (κ3) is 4.28. The second kappa shape index (κ2) is 8.60. The van der Waals surface area contributed by atoms with Crippen molar-refractivity contribution >= 4 is 22.8 Å². The Hall–Kier alpha value is -3.67. The zero-order chi connectivity index (χ0) is 22.0. The number of non-ortho nitro benzene ring substituents is 1. The number of hydrogen-bond acceptors (Lipinski definition) is 5. The summed E-state index contributed by atoms with van der Waals surface area (Å²) in [5.74, 6) is 0. The Morgan fingerprint density at radius 2 is 1.65 bits per heavy atom. The summed E-state index contributed by atoms with van der Waals surface area (Å²) in [7, 11) is 4.05. The van der Waals surface area contributed by atoms with Gasteiger partial charge in [-0.05, 0) is 47.4 Å². The summed E-state index contributed by atoms with van der Waals surface area (Å²) in [4.78, 5) is 12.7. The summed E-state index contributed by atoms with van der Waals surface area (Å²) in [6.07, 6.45) is 1.77. The van der Waals surface area contributed by atoms with Crippen LogP contribution in [0.25, 0.3) is 0 Å². The first-order chi connectivity index (χ1) is 15.0. The summed E-state index contributed by atoms with van der Waals surface area (Å²) in [6, 6.07) is 23.7. The quantitative estimate of drug-likeness (QED) is 0.390. The Bertz CT molecular complexity index is 1090. The van der Waals surface area contributed by atoms with Crippen LogP contribution in [0, 0.1) is 10.1 Å². The number of nitro groups is 1. The smallest absolute Gasteiger partial charge is 0.269 e. The van der Waals surface area contributed by atoms with Gasteiger partial charge in [-0.15, -0.1) is 0 Å². The molecule has 6 heteroatoms. The van der Waals surface area contributed by atoms with Crippen molar-refractivity contribution < 1.29 is 4.92 Å². The average molecular weight is 415 g/mol. The number of hydrogen-bond donors (Lipinski definition) is 0. The highest BCUT2D eigenvalue weighted by Gasteiger charge is 2.30. The molecule has 1 atom stereocenters. The summed E-state index contributed by atoms with van der Waals surface area (Å²) in [5.41, 5.74) is 6.64. The first kappa shape index (κ1) is 20.6. The van der Waals surface area contributed by atoms with E-state index in [1.807, 2.05) is 19.1 Å². The van der Waals surface area contributed by atoms with Gasteiger partial charge in [0.15, 0.2) is 0 Å². The molecule has 0 N–H and O–H groups in total. The third-order valence-electron chi connectivity index (χ3n) is 5.73. The summed E-state index contributed by atoms with van der Waals surface area (Å²) >= 11 is 0. The molecular formula is C25H26N4O2. The van der Waals surface area contributed by atoms with Crippen LogP contribution in [0.1, 0.15) is 36.1 Å². The van der Waals surface area contributed by atoms with E-state index in [4.69, 9.17) is 5.10 Å². The van der Waals surface area contributed by atoms with Gasteiger partial charge in [-0.2, -0.15) is 5.10 Å². The van der Waals surface area contributed by atoms with Crippen molar-refractivity contribution in [1.82, 2.24) is 0 Å². The van der Waals surface area contributed by atoms with E-state index < -0.39 is 0 Å². The van der Waals surface area contributed by atoms with Gasteiger partial charge < -0.3 is 4.90 Å². The SMILES string of the molecule is CCc1ccc(C2=NN(c3ccc([N+](=O)[O-])cc3)C(c3ccc(N(C)C)cc3)C2)cc1. The molecule has 158 valence electrons. The molecule has 6 nitrogen and oxygen atoms in total. The van der Waals surface area contributed by atoms with Gasteiger partial charge in [0, 0.05) is 38.3 Å². The molecule has 1 aliphatic rings. The highest BCUT2D eigenvalue weighted by atomic mass is 16.6. The van der Waals surface area contributed by atoms with Crippen LogP contribution in [0.3, 0.4) is 0 Å². The van der Waals surface area contributed by atoms with E-state index in [1.165, 1.54) is 17.7 Å². The lowest BCUT2D eigenvalue weighted by molar-refractivity contribution is -0.384. The Kier molecular flexibility index (Phi) is 5.71. The number of nitrogens with zero attached hydrogens (tertiary/aromatic N) is 4. The Morgan fingerprint density at radius 1 is 1.00 bits per heavy atom. The van der Waals surface area contributed by atoms with Crippen molar-refractivity contribution in [3.05, 3.63) is 99.6 Å². The largest absolute Gasteiger partial charge is 0.378 e. The monoisotopic (exact) mass is 414 g/mol. The Labute approximate surface area is 182 Å². The fourth-order valence-electron chi connectivity index (χ4n) is 3.84. The number of hydrazone groups is 1. The number of benzene rings is 3. The maximum Gasteiger partial charge on any atom is 0.269 e. The molecule has 0 saturated heterocycles. The average Bonchev–Trinajstić information content (AvgIpc) is 3.24. The number of nitro benzene ring substituents is 1. The molecule has 0 fully saturated rings. The van der Waals surface area contributed by atoms with Crippen LogP contribution < -0.4 is 9.91 Å². The van der Waals surface area contributed by atoms with Gasteiger partial charge in [0.05, 0.1) is 22.4 Å². The summed E-state index contributed by atoms with van der Waals surface area (Å²) < 4.78 is 0. The van der Waals surface area contributed by atoms with E-state index in [9.17, 15) is 10.1 Å². The molecule has 0 amide bonds. The minimum absolute atomic E-state index is 0.0264. The lowest BCUT2D eigenvalue weighted by Crippen LogP contribution is -2.18. The minimum atomic E-state index is -0.380. The van der Waals surface area contributed by atoms with E-state index in [1.54, 1.807) is 12.1 Å². The van der Waals surface area contributed by atoms with Crippen LogP contribution in [0.4, 0.5) is 17.1 Å². The molecule has 4 rings (SSSR count). The number of rotatable bonds is 6. The van der Waals surface area contributed by atoms with Gasteiger partial charge in [-0.1, -0.05) is 43.3 Å². The maximum atomic E-state index is 11.1. The van der Waals surface area contributed by atoms with Crippen LogP contribution >= 0.6 is 0 Å². The van der Waals surface area contributed by atoms with E-state index >= 15 is 0 Å². The third-order valence-corrected chi connectivity index (χ3v) is 5.73. The lowest BCUT2D eigenvalue weighted by Gasteiger charge is -2.24. The van der Waals surface area contributed by atoms with Crippen LogP contribution in [0.2, 0.25) is 0 Å². The van der Waals surface area contributed by atoms with Gasteiger partial charge in [0.25, 0.3) is 5.69 Å². The summed E-state index contributed by atoms with van der Waals surface area (Å²) in [5, 5.41) is 18.0. The highest BCUT2D eigenvalue weighted by Crippen LogP contribution is 2.37. The Balaban J connectivity index is 1.70. The first-order valence-electron chi connectivity index (χ1n) is 10.4. The van der Waals surface area contributed by atoms with Crippen LogP contribution in [0.15, 0.2) is 77.9 Å². The second-order valence-electron chi connectivity index (χ2n) is 7.92. The molecule has 3 aromatic rings. The topological polar surface area (TPSA) is 62.0 Å².